The van der Waals surface area contributed by atoms with Crippen LogP contribution in [0, 0.1) is 0 Å². The summed E-state index contributed by atoms with van der Waals surface area (Å²) in [6, 6.07) is 0. The molecule has 1 atom stereocenters. The van der Waals surface area contributed by atoms with Gasteiger partial charge in [-0.15, -0.1) is 6.58 Å². The van der Waals surface area contributed by atoms with Crippen LogP contribution in [0.1, 0.15) is 32.1 Å². The molecule has 0 bridgehead atoms. The summed E-state index contributed by atoms with van der Waals surface area (Å²) in [5.41, 5.74) is 0. The molecule has 0 fully saturated rings. The minimum Gasteiger partial charge on any atom is -0.389 e. The zero-order chi connectivity index (χ0) is 9.94. The van der Waals surface area contributed by atoms with E-state index >= 15 is 0 Å². The minimum absolute atomic E-state index is 0.372. The van der Waals surface area contributed by atoms with Crippen LogP contribution < -0.4 is 0 Å². The van der Waals surface area contributed by atoms with E-state index in [2.05, 4.69) is 12.7 Å². The summed E-state index contributed by atoms with van der Waals surface area (Å²) in [6.45, 7) is 3.49. The van der Waals surface area contributed by atoms with Crippen molar-refractivity contribution >= 4 is 6.29 Å². The molecule has 0 spiro atoms. The summed E-state index contributed by atoms with van der Waals surface area (Å²) < 4.78 is 0. The molecule has 0 aliphatic heterocycles. The molecule has 0 rings (SSSR count). The Bertz CT molecular complexity index is 161. The van der Waals surface area contributed by atoms with Crippen molar-refractivity contribution in [2.75, 3.05) is 0 Å². The molecule has 13 heavy (non-hydrogen) atoms. The van der Waals surface area contributed by atoms with Gasteiger partial charge in [-0.25, -0.2) is 0 Å². The molecule has 0 aliphatic carbocycles. The molecule has 74 valence electrons. The number of rotatable bonds is 8. The highest BCUT2D eigenvalue weighted by atomic mass is 16.3. The highest BCUT2D eigenvalue weighted by Gasteiger charge is 1.94. The van der Waals surface area contributed by atoms with Crippen LogP contribution in [0.15, 0.2) is 24.8 Å². The van der Waals surface area contributed by atoms with Gasteiger partial charge in [-0.2, -0.15) is 0 Å². The molecule has 0 heterocycles. The molecule has 1 N–H and O–H groups in total. The van der Waals surface area contributed by atoms with Crippen LogP contribution in [-0.2, 0) is 4.79 Å². The summed E-state index contributed by atoms with van der Waals surface area (Å²) in [5, 5.41) is 9.11. The fraction of sp³-hybridized carbons (Fsp3) is 0.545. The minimum atomic E-state index is -0.372. The largest absolute Gasteiger partial charge is 0.389 e. The lowest BCUT2D eigenvalue weighted by atomic mass is 10.1. The molecule has 2 nitrogen and oxygen atoms in total. The lowest BCUT2D eigenvalue weighted by Crippen LogP contribution is -1.99. The van der Waals surface area contributed by atoms with E-state index in [0.717, 1.165) is 32.0 Å². The highest BCUT2D eigenvalue weighted by Crippen LogP contribution is 2.02. The number of carbonyl (C=O) groups excluding carboxylic acids is 1. The van der Waals surface area contributed by atoms with Crippen LogP contribution in [0.25, 0.3) is 0 Å². The van der Waals surface area contributed by atoms with Gasteiger partial charge in [-0.1, -0.05) is 18.2 Å². The maximum atomic E-state index is 9.94. The van der Waals surface area contributed by atoms with Gasteiger partial charge in [0.25, 0.3) is 0 Å². The lowest BCUT2D eigenvalue weighted by molar-refractivity contribution is -0.107. The number of allylic oxidation sites excluding steroid dienone is 2. The van der Waals surface area contributed by atoms with Crippen molar-refractivity contribution in [3.05, 3.63) is 24.8 Å². The number of aliphatic hydroxyl groups is 1. The fourth-order valence-electron chi connectivity index (χ4n) is 0.963. The molecule has 0 aliphatic rings. The monoisotopic (exact) mass is 182 g/mol. The average Bonchev–Trinajstić information content (AvgIpc) is 2.16. The Kier molecular flexibility index (Phi) is 8.57. The van der Waals surface area contributed by atoms with E-state index in [-0.39, 0.29) is 6.10 Å². The van der Waals surface area contributed by atoms with E-state index in [9.17, 15) is 4.79 Å². The van der Waals surface area contributed by atoms with E-state index in [1.165, 1.54) is 0 Å². The molecule has 1 unspecified atom stereocenters. The maximum absolute atomic E-state index is 9.94. The Labute approximate surface area is 80.0 Å². The standard InChI is InChI=1S/C11H18O2/c1-2-11(13)9-7-5-3-4-6-8-10-12/h2-4,10-11,13H,1,5-9H2/b4-3+. The first kappa shape index (κ1) is 12.1. The van der Waals surface area contributed by atoms with Gasteiger partial charge in [0.1, 0.15) is 6.29 Å². The Hall–Kier alpha value is -0.890. The van der Waals surface area contributed by atoms with Crippen LogP contribution >= 0.6 is 0 Å². The quantitative estimate of drug-likeness (QED) is 0.355. The third-order valence-electron chi connectivity index (χ3n) is 1.76. The lowest BCUT2D eigenvalue weighted by Gasteiger charge is -2.01. The van der Waals surface area contributed by atoms with Crippen LogP contribution in [0.5, 0.6) is 0 Å². The van der Waals surface area contributed by atoms with Crippen molar-refractivity contribution in [2.24, 2.45) is 0 Å². The number of carbonyl (C=O) groups is 1. The van der Waals surface area contributed by atoms with Gasteiger partial charge in [0, 0.05) is 6.42 Å². The molecule has 0 amide bonds. The van der Waals surface area contributed by atoms with E-state index in [0.29, 0.717) is 6.42 Å². The van der Waals surface area contributed by atoms with Gasteiger partial charge in [0.2, 0.25) is 0 Å². The third kappa shape index (κ3) is 9.02. The second-order valence-electron chi connectivity index (χ2n) is 2.95. The Morgan fingerprint density at radius 3 is 2.54 bits per heavy atom. The van der Waals surface area contributed by atoms with E-state index in [1.54, 1.807) is 6.08 Å². The predicted octanol–water partition coefficient (Wildman–Crippen LogP) is 2.24. The summed E-state index contributed by atoms with van der Waals surface area (Å²) in [6.07, 6.45) is 10.3. The van der Waals surface area contributed by atoms with Gasteiger partial charge < -0.3 is 9.90 Å². The Balaban J connectivity index is 3.19. The second kappa shape index (κ2) is 9.20. The zero-order valence-electron chi connectivity index (χ0n) is 7.98. The molecule has 0 saturated carbocycles. The van der Waals surface area contributed by atoms with Crippen molar-refractivity contribution in [2.45, 2.75) is 38.2 Å². The van der Waals surface area contributed by atoms with Gasteiger partial charge in [0.05, 0.1) is 6.10 Å². The van der Waals surface area contributed by atoms with Gasteiger partial charge in [-0.05, 0) is 25.7 Å². The summed E-state index contributed by atoms with van der Waals surface area (Å²) >= 11 is 0. The molecular formula is C11H18O2. The van der Waals surface area contributed by atoms with Crippen molar-refractivity contribution in [3.8, 4) is 0 Å². The normalized spacial score (nSPS) is 13.0. The Morgan fingerprint density at radius 1 is 1.23 bits per heavy atom. The summed E-state index contributed by atoms with van der Waals surface area (Å²) in [5.74, 6) is 0. The van der Waals surface area contributed by atoms with Crippen LogP contribution in [0.4, 0.5) is 0 Å². The first-order chi connectivity index (χ1) is 6.31. The molecule has 0 saturated heterocycles. The number of aldehydes is 1. The van der Waals surface area contributed by atoms with Gasteiger partial charge >= 0.3 is 0 Å². The van der Waals surface area contributed by atoms with Crippen LogP contribution in [-0.4, -0.2) is 17.5 Å². The number of unbranched alkanes of at least 4 members (excludes halogenated alkanes) is 2. The van der Waals surface area contributed by atoms with E-state index in [1.807, 2.05) is 6.08 Å². The topological polar surface area (TPSA) is 37.3 Å². The van der Waals surface area contributed by atoms with Crippen molar-refractivity contribution in [1.82, 2.24) is 0 Å². The molecule has 0 aromatic carbocycles. The van der Waals surface area contributed by atoms with E-state index in [4.69, 9.17) is 5.11 Å². The summed E-state index contributed by atoms with van der Waals surface area (Å²) in [7, 11) is 0. The van der Waals surface area contributed by atoms with E-state index < -0.39 is 0 Å². The highest BCUT2D eigenvalue weighted by molar-refractivity contribution is 5.49. The molecule has 0 radical (unpaired) electrons. The third-order valence-corrected chi connectivity index (χ3v) is 1.76. The van der Waals surface area contributed by atoms with Crippen molar-refractivity contribution in [1.29, 1.82) is 0 Å². The average molecular weight is 182 g/mol. The fourth-order valence-corrected chi connectivity index (χ4v) is 0.963. The molecular weight excluding hydrogens is 164 g/mol. The van der Waals surface area contributed by atoms with Gasteiger partial charge in [-0.3, -0.25) is 0 Å². The first-order valence-corrected chi connectivity index (χ1v) is 4.70. The Morgan fingerprint density at radius 2 is 1.92 bits per heavy atom. The first-order valence-electron chi connectivity index (χ1n) is 4.70. The smallest absolute Gasteiger partial charge is 0.120 e. The number of hydrogen-bond donors (Lipinski definition) is 1. The molecule has 2 heteroatoms. The SMILES string of the molecule is C=CC(O)CCC/C=C/CCC=O. The second-order valence-corrected chi connectivity index (χ2v) is 2.95. The molecule has 0 aromatic heterocycles. The van der Waals surface area contributed by atoms with Gasteiger partial charge in [0.15, 0.2) is 0 Å². The number of hydrogen-bond acceptors (Lipinski definition) is 2. The number of aliphatic hydroxyl groups excluding tert-OH is 1. The van der Waals surface area contributed by atoms with Crippen molar-refractivity contribution in [3.63, 3.8) is 0 Å². The van der Waals surface area contributed by atoms with Crippen molar-refractivity contribution < 1.29 is 9.90 Å². The molecule has 0 aromatic rings. The van der Waals surface area contributed by atoms with Crippen LogP contribution in [0.3, 0.4) is 0 Å². The van der Waals surface area contributed by atoms with Crippen LogP contribution in [0.2, 0.25) is 0 Å². The zero-order valence-corrected chi connectivity index (χ0v) is 7.98. The summed E-state index contributed by atoms with van der Waals surface area (Å²) in [4.78, 5) is 9.94. The predicted molar refractivity (Wildman–Crippen MR) is 54.5 cm³/mol. The maximum Gasteiger partial charge on any atom is 0.120 e.